The van der Waals surface area contributed by atoms with Gasteiger partial charge in [-0.1, -0.05) is 17.7 Å². The first-order valence-electron chi connectivity index (χ1n) is 6.25. The van der Waals surface area contributed by atoms with Crippen LogP contribution in [0.3, 0.4) is 0 Å². The number of fused-ring (bicyclic) bond motifs is 1. The first kappa shape index (κ1) is 11.7. The van der Waals surface area contributed by atoms with Gasteiger partial charge in [0.05, 0.1) is 5.56 Å². The maximum Gasteiger partial charge on any atom is 0.146 e. The van der Waals surface area contributed by atoms with Gasteiger partial charge in [0.2, 0.25) is 0 Å². The predicted molar refractivity (Wildman–Crippen MR) is 71.0 cm³/mol. The molecule has 0 spiro atoms. The summed E-state index contributed by atoms with van der Waals surface area (Å²) in [5.74, 6) is 1.39. The van der Waals surface area contributed by atoms with Crippen LogP contribution < -0.4 is 5.32 Å². The molecule has 18 heavy (non-hydrogen) atoms. The molecule has 2 atom stereocenters. The Kier molecular flexibility index (Phi) is 3.07. The molecule has 3 nitrogen and oxygen atoms in total. The van der Waals surface area contributed by atoms with Gasteiger partial charge in [-0.2, -0.15) is 5.26 Å². The van der Waals surface area contributed by atoms with Crippen LogP contribution in [0.25, 0.3) is 5.57 Å². The van der Waals surface area contributed by atoms with Crippen LogP contribution in [0, 0.1) is 23.2 Å². The highest BCUT2D eigenvalue weighted by molar-refractivity contribution is 6.30. The quantitative estimate of drug-likeness (QED) is 0.789. The third-order valence-corrected chi connectivity index (χ3v) is 4.20. The lowest BCUT2D eigenvalue weighted by Crippen LogP contribution is -2.33. The van der Waals surface area contributed by atoms with Gasteiger partial charge in [-0.05, 0) is 55.0 Å². The Bertz CT molecular complexity index is 544. The minimum absolute atomic E-state index is 0.291. The van der Waals surface area contributed by atoms with Gasteiger partial charge in [0.15, 0.2) is 0 Å². The van der Waals surface area contributed by atoms with E-state index < -0.39 is 0 Å². The van der Waals surface area contributed by atoms with Crippen molar-refractivity contribution in [3.8, 4) is 6.07 Å². The Morgan fingerprint density at radius 1 is 1.50 bits per heavy atom. The van der Waals surface area contributed by atoms with E-state index >= 15 is 0 Å². The van der Waals surface area contributed by atoms with E-state index in [-0.39, 0.29) is 0 Å². The Morgan fingerprint density at radius 2 is 2.39 bits per heavy atom. The van der Waals surface area contributed by atoms with Gasteiger partial charge < -0.3 is 5.32 Å². The van der Waals surface area contributed by atoms with Crippen LogP contribution in [0.2, 0.25) is 5.15 Å². The number of nitrogens with zero attached hydrogens (tertiary/aromatic N) is 2. The minimum atomic E-state index is 0.291. The highest BCUT2D eigenvalue weighted by Gasteiger charge is 2.30. The number of hydrogen-bond acceptors (Lipinski definition) is 3. The molecule has 2 unspecified atom stereocenters. The zero-order valence-electron chi connectivity index (χ0n) is 9.99. The fourth-order valence-electron chi connectivity index (χ4n) is 2.91. The van der Waals surface area contributed by atoms with E-state index in [2.05, 4.69) is 22.4 Å². The second-order valence-electron chi connectivity index (χ2n) is 4.99. The molecule has 1 aliphatic carbocycles. The summed E-state index contributed by atoms with van der Waals surface area (Å²) in [7, 11) is 0. The van der Waals surface area contributed by atoms with Crippen molar-refractivity contribution in [3.05, 3.63) is 34.6 Å². The fraction of sp³-hybridized carbons (Fsp3) is 0.429. The molecule has 3 rings (SSSR count). The molecule has 1 saturated heterocycles. The van der Waals surface area contributed by atoms with Crippen molar-refractivity contribution < 1.29 is 0 Å². The van der Waals surface area contributed by atoms with Crippen LogP contribution in [0.1, 0.15) is 24.0 Å². The van der Waals surface area contributed by atoms with Gasteiger partial charge in [-0.3, -0.25) is 0 Å². The van der Waals surface area contributed by atoms with Crippen molar-refractivity contribution in [1.29, 1.82) is 5.26 Å². The van der Waals surface area contributed by atoms with E-state index in [4.69, 9.17) is 16.9 Å². The number of hydrogen-bond donors (Lipinski definition) is 1. The van der Waals surface area contributed by atoms with E-state index in [9.17, 15) is 0 Å². The van der Waals surface area contributed by atoms with Crippen molar-refractivity contribution in [2.45, 2.75) is 12.8 Å². The van der Waals surface area contributed by atoms with Gasteiger partial charge in [0.25, 0.3) is 0 Å². The molecule has 4 heteroatoms. The number of nitriles is 1. The summed E-state index contributed by atoms with van der Waals surface area (Å²) in [6.45, 7) is 2.20. The predicted octanol–water partition coefficient (Wildman–Crippen LogP) is 2.62. The number of aromatic nitrogens is 1. The van der Waals surface area contributed by atoms with Gasteiger partial charge >= 0.3 is 0 Å². The second kappa shape index (κ2) is 4.72. The molecule has 2 aliphatic rings. The molecule has 0 saturated carbocycles. The van der Waals surface area contributed by atoms with E-state index in [1.807, 2.05) is 6.07 Å². The van der Waals surface area contributed by atoms with Crippen LogP contribution in [-0.2, 0) is 0 Å². The zero-order chi connectivity index (χ0) is 12.5. The molecule has 1 N–H and O–H groups in total. The van der Waals surface area contributed by atoms with E-state index in [0.717, 1.165) is 25.1 Å². The number of allylic oxidation sites excluding steroid dienone is 2. The third kappa shape index (κ3) is 2.03. The molecule has 92 valence electrons. The van der Waals surface area contributed by atoms with Gasteiger partial charge in [-0.15, -0.1) is 0 Å². The number of nitrogens with one attached hydrogen (secondary N) is 1. The lowest BCUT2D eigenvalue weighted by molar-refractivity contribution is 0.324. The molecular weight excluding hydrogens is 246 g/mol. The molecule has 0 radical (unpaired) electrons. The number of rotatable bonds is 1. The molecule has 0 bridgehead atoms. The van der Waals surface area contributed by atoms with E-state index in [0.29, 0.717) is 22.6 Å². The van der Waals surface area contributed by atoms with Crippen molar-refractivity contribution in [1.82, 2.24) is 10.3 Å². The first-order chi connectivity index (χ1) is 8.78. The summed E-state index contributed by atoms with van der Waals surface area (Å²) in [5.41, 5.74) is 2.82. The smallest absolute Gasteiger partial charge is 0.146 e. The topological polar surface area (TPSA) is 48.7 Å². The van der Waals surface area contributed by atoms with Gasteiger partial charge in [-0.25, -0.2) is 4.98 Å². The summed E-state index contributed by atoms with van der Waals surface area (Å²) in [6, 6.07) is 3.94. The van der Waals surface area contributed by atoms with Crippen LogP contribution in [0.5, 0.6) is 0 Å². The first-order valence-corrected chi connectivity index (χ1v) is 6.63. The summed E-state index contributed by atoms with van der Waals surface area (Å²) in [6.07, 6.45) is 6.42. The summed E-state index contributed by atoms with van der Waals surface area (Å²) in [4.78, 5) is 4.10. The number of piperidine rings is 1. The third-order valence-electron chi connectivity index (χ3n) is 3.89. The zero-order valence-corrected chi connectivity index (χ0v) is 10.7. The molecular formula is C14H14ClN3. The second-order valence-corrected chi connectivity index (χ2v) is 5.34. The molecule has 1 aromatic heterocycles. The average Bonchev–Trinajstić information content (AvgIpc) is 2.83. The molecule has 1 fully saturated rings. The maximum atomic E-state index is 8.99. The fourth-order valence-corrected chi connectivity index (χ4v) is 3.06. The van der Waals surface area contributed by atoms with Crippen molar-refractivity contribution >= 4 is 17.2 Å². The van der Waals surface area contributed by atoms with E-state index in [1.54, 1.807) is 6.20 Å². The summed E-state index contributed by atoms with van der Waals surface area (Å²) in [5, 5.41) is 12.7. The van der Waals surface area contributed by atoms with Crippen LogP contribution >= 0.6 is 11.6 Å². The average molecular weight is 260 g/mol. The Labute approximate surface area is 111 Å². The summed E-state index contributed by atoms with van der Waals surface area (Å²) >= 11 is 5.86. The Morgan fingerprint density at radius 3 is 3.17 bits per heavy atom. The molecule has 0 amide bonds. The standard InChI is InChI=1S/C14H14ClN3/c15-14-11(6-16)5-13(8-18-14)10-3-9-1-2-17-7-12(9)4-10/h3,5,8-9,12,17H,1-2,4,7H2. The number of pyridine rings is 1. The minimum Gasteiger partial charge on any atom is -0.316 e. The molecule has 1 aromatic rings. The lowest BCUT2D eigenvalue weighted by Gasteiger charge is -2.25. The molecule has 0 aromatic carbocycles. The molecule has 1 aliphatic heterocycles. The van der Waals surface area contributed by atoms with Crippen molar-refractivity contribution in [2.24, 2.45) is 11.8 Å². The van der Waals surface area contributed by atoms with Crippen LogP contribution in [0.15, 0.2) is 18.3 Å². The lowest BCUT2D eigenvalue weighted by atomic mass is 9.89. The van der Waals surface area contributed by atoms with E-state index in [1.165, 1.54) is 12.0 Å². The highest BCUT2D eigenvalue weighted by Crippen LogP contribution is 2.39. The Balaban J connectivity index is 1.90. The van der Waals surface area contributed by atoms with Crippen molar-refractivity contribution in [3.63, 3.8) is 0 Å². The maximum absolute atomic E-state index is 8.99. The van der Waals surface area contributed by atoms with Crippen LogP contribution in [0.4, 0.5) is 0 Å². The van der Waals surface area contributed by atoms with Crippen LogP contribution in [-0.4, -0.2) is 18.1 Å². The Hall–Kier alpha value is -1.37. The SMILES string of the molecule is N#Cc1cc(C2=CC3CCNCC3C2)cnc1Cl. The van der Waals surface area contributed by atoms with Gasteiger partial charge in [0, 0.05) is 6.20 Å². The van der Waals surface area contributed by atoms with Crippen molar-refractivity contribution in [2.75, 3.05) is 13.1 Å². The normalized spacial score (nSPS) is 26.3. The molecule has 2 heterocycles. The highest BCUT2D eigenvalue weighted by atomic mass is 35.5. The number of halogens is 1. The summed E-state index contributed by atoms with van der Waals surface area (Å²) < 4.78 is 0. The monoisotopic (exact) mass is 259 g/mol. The van der Waals surface area contributed by atoms with Gasteiger partial charge in [0.1, 0.15) is 11.2 Å². The largest absolute Gasteiger partial charge is 0.316 e.